The van der Waals surface area contributed by atoms with Gasteiger partial charge in [-0.15, -0.1) is 12.4 Å². The smallest absolute Gasteiger partial charge is 0.314 e. The highest BCUT2D eigenvalue weighted by Gasteiger charge is 2.37. The molecule has 0 aliphatic carbocycles. The lowest BCUT2D eigenvalue weighted by Gasteiger charge is -2.36. The first-order valence-electron chi connectivity index (χ1n) is 6.75. The average molecular weight is 343 g/mol. The molecule has 1 aromatic carbocycles. The van der Waals surface area contributed by atoms with E-state index in [4.69, 9.17) is 11.6 Å². The number of hydrogen-bond donors (Lipinski definition) is 1. The number of piperazine rings is 1. The second-order valence-electron chi connectivity index (χ2n) is 4.91. The Hall–Kier alpha value is -0.490. The van der Waals surface area contributed by atoms with Crippen molar-refractivity contribution < 1.29 is 13.2 Å². The van der Waals surface area contributed by atoms with Crippen LogP contribution < -0.4 is 5.32 Å². The van der Waals surface area contributed by atoms with Gasteiger partial charge in [0.25, 0.3) is 0 Å². The maximum atomic E-state index is 13.2. The molecule has 1 atom stereocenters. The van der Waals surface area contributed by atoms with Crippen molar-refractivity contribution in [3.63, 3.8) is 0 Å². The summed E-state index contributed by atoms with van der Waals surface area (Å²) in [5, 5.41) is 3.41. The van der Waals surface area contributed by atoms with Crippen LogP contribution in [0.15, 0.2) is 18.2 Å². The van der Waals surface area contributed by atoms with Gasteiger partial charge in [-0.25, -0.2) is 0 Å². The maximum absolute atomic E-state index is 13.2. The minimum atomic E-state index is -4.37. The van der Waals surface area contributed by atoms with Crippen LogP contribution in [0.1, 0.15) is 30.5 Å². The van der Waals surface area contributed by atoms with Crippen LogP contribution in [-0.2, 0) is 6.18 Å². The standard InChI is InChI=1S/C14H18ClF3N2.ClH/c1-2-12(20-8-6-19-7-9-20)13-10(14(16,17)18)4-3-5-11(13)15;/h3-5,12,19H,2,6-9H2,1H3;1H/t12-;/m1./s1. The molecule has 1 aliphatic heterocycles. The molecular weight excluding hydrogens is 324 g/mol. The van der Waals surface area contributed by atoms with Gasteiger partial charge in [-0.1, -0.05) is 24.6 Å². The second-order valence-corrected chi connectivity index (χ2v) is 5.32. The highest BCUT2D eigenvalue weighted by atomic mass is 35.5. The monoisotopic (exact) mass is 342 g/mol. The molecule has 1 aliphatic rings. The highest BCUT2D eigenvalue weighted by molar-refractivity contribution is 6.31. The molecule has 1 N–H and O–H groups in total. The zero-order valence-electron chi connectivity index (χ0n) is 11.7. The van der Waals surface area contributed by atoms with Crippen molar-refractivity contribution in [2.45, 2.75) is 25.6 Å². The maximum Gasteiger partial charge on any atom is 0.416 e. The first kappa shape index (κ1) is 18.6. The van der Waals surface area contributed by atoms with Crippen molar-refractivity contribution in [1.82, 2.24) is 10.2 Å². The van der Waals surface area contributed by atoms with Crippen molar-refractivity contribution in [2.24, 2.45) is 0 Å². The Morgan fingerprint density at radius 1 is 1.29 bits per heavy atom. The molecule has 1 heterocycles. The van der Waals surface area contributed by atoms with Gasteiger partial charge in [-0.2, -0.15) is 13.2 Å². The second kappa shape index (κ2) is 7.68. The Balaban J connectivity index is 0.00000220. The van der Waals surface area contributed by atoms with E-state index in [9.17, 15) is 13.2 Å². The quantitative estimate of drug-likeness (QED) is 0.888. The van der Waals surface area contributed by atoms with Gasteiger partial charge >= 0.3 is 6.18 Å². The number of nitrogens with one attached hydrogen (secondary N) is 1. The average Bonchev–Trinajstić information content (AvgIpc) is 2.41. The Bertz CT molecular complexity index is 460. The summed E-state index contributed by atoms with van der Waals surface area (Å²) in [6, 6.07) is 3.73. The summed E-state index contributed by atoms with van der Waals surface area (Å²) >= 11 is 6.09. The van der Waals surface area contributed by atoms with Gasteiger partial charge in [0.15, 0.2) is 0 Å². The van der Waals surface area contributed by atoms with Gasteiger partial charge in [-0.05, 0) is 18.6 Å². The van der Waals surface area contributed by atoms with Gasteiger partial charge < -0.3 is 5.32 Å². The van der Waals surface area contributed by atoms with E-state index in [0.29, 0.717) is 6.42 Å². The summed E-state index contributed by atoms with van der Waals surface area (Å²) in [5.41, 5.74) is -0.401. The summed E-state index contributed by atoms with van der Waals surface area (Å²) in [6.45, 7) is 4.96. The molecule has 0 amide bonds. The fraction of sp³-hybridized carbons (Fsp3) is 0.571. The van der Waals surface area contributed by atoms with Crippen LogP contribution in [0.2, 0.25) is 5.02 Å². The Morgan fingerprint density at radius 2 is 1.90 bits per heavy atom. The zero-order valence-corrected chi connectivity index (χ0v) is 13.3. The van der Waals surface area contributed by atoms with E-state index >= 15 is 0 Å². The van der Waals surface area contributed by atoms with Gasteiger partial charge in [0.1, 0.15) is 0 Å². The van der Waals surface area contributed by atoms with E-state index in [1.165, 1.54) is 12.1 Å². The lowest BCUT2D eigenvalue weighted by atomic mass is 9.96. The molecule has 1 aromatic rings. The third-order valence-corrected chi connectivity index (χ3v) is 4.00. The van der Waals surface area contributed by atoms with Crippen molar-refractivity contribution in [3.8, 4) is 0 Å². The van der Waals surface area contributed by atoms with Crippen molar-refractivity contribution >= 4 is 24.0 Å². The van der Waals surface area contributed by atoms with E-state index in [2.05, 4.69) is 10.2 Å². The van der Waals surface area contributed by atoms with Gasteiger partial charge in [0, 0.05) is 42.8 Å². The fourth-order valence-electron chi connectivity index (χ4n) is 2.76. The molecule has 0 radical (unpaired) electrons. The lowest BCUT2D eigenvalue weighted by molar-refractivity contribution is -0.138. The van der Waals surface area contributed by atoms with Gasteiger partial charge in [-0.3, -0.25) is 4.90 Å². The first-order valence-corrected chi connectivity index (χ1v) is 7.13. The van der Waals surface area contributed by atoms with E-state index < -0.39 is 11.7 Å². The Labute approximate surface area is 134 Å². The number of alkyl halides is 3. The molecule has 120 valence electrons. The number of hydrogen-bond acceptors (Lipinski definition) is 2. The molecule has 7 heteroatoms. The SMILES string of the molecule is CC[C@H](c1c(Cl)cccc1C(F)(F)F)N1CCNCC1.Cl. The molecule has 2 nitrogen and oxygen atoms in total. The summed E-state index contributed by atoms with van der Waals surface area (Å²) in [5.74, 6) is 0. The van der Waals surface area contributed by atoms with Crippen LogP contribution in [0.3, 0.4) is 0 Å². The van der Waals surface area contributed by atoms with Crippen LogP contribution in [0.4, 0.5) is 13.2 Å². The fourth-order valence-corrected chi connectivity index (χ4v) is 3.06. The zero-order chi connectivity index (χ0) is 14.8. The molecule has 0 saturated carbocycles. The third kappa shape index (κ3) is 4.25. The largest absolute Gasteiger partial charge is 0.416 e. The first-order chi connectivity index (χ1) is 9.45. The minimum absolute atomic E-state index is 0. The Kier molecular flexibility index (Phi) is 6.78. The van der Waals surface area contributed by atoms with Crippen LogP contribution in [0.5, 0.6) is 0 Å². The van der Waals surface area contributed by atoms with Crippen LogP contribution in [0, 0.1) is 0 Å². The molecular formula is C14H19Cl2F3N2. The minimum Gasteiger partial charge on any atom is -0.314 e. The van der Waals surface area contributed by atoms with Crippen LogP contribution in [-0.4, -0.2) is 31.1 Å². The van der Waals surface area contributed by atoms with Crippen LogP contribution >= 0.6 is 24.0 Å². The van der Waals surface area contributed by atoms with Crippen LogP contribution in [0.25, 0.3) is 0 Å². The molecule has 2 rings (SSSR count). The highest BCUT2D eigenvalue weighted by Crippen LogP contribution is 2.40. The van der Waals surface area contributed by atoms with Gasteiger partial charge in [0.2, 0.25) is 0 Å². The molecule has 1 saturated heterocycles. The number of nitrogens with zero attached hydrogens (tertiary/aromatic N) is 1. The number of benzene rings is 1. The van der Waals surface area contributed by atoms with E-state index in [1.54, 1.807) is 0 Å². The third-order valence-electron chi connectivity index (χ3n) is 3.67. The summed E-state index contributed by atoms with van der Waals surface area (Å²) in [7, 11) is 0. The van der Waals surface area contributed by atoms with Crippen molar-refractivity contribution in [3.05, 3.63) is 34.3 Å². The molecule has 0 unspecified atom stereocenters. The molecule has 0 spiro atoms. The normalized spacial score (nSPS) is 18.1. The molecule has 0 aromatic heterocycles. The predicted molar refractivity (Wildman–Crippen MR) is 81.2 cm³/mol. The topological polar surface area (TPSA) is 15.3 Å². The van der Waals surface area contributed by atoms with E-state index in [1.807, 2.05) is 6.92 Å². The molecule has 21 heavy (non-hydrogen) atoms. The van der Waals surface area contributed by atoms with E-state index in [0.717, 1.165) is 32.2 Å². The predicted octanol–water partition coefficient (Wildman–Crippen LogP) is 4.14. The van der Waals surface area contributed by atoms with Crippen molar-refractivity contribution in [2.75, 3.05) is 26.2 Å². The summed E-state index contributed by atoms with van der Waals surface area (Å²) < 4.78 is 39.6. The lowest BCUT2D eigenvalue weighted by Crippen LogP contribution is -2.45. The summed E-state index contributed by atoms with van der Waals surface area (Å²) in [4.78, 5) is 2.08. The molecule has 1 fully saturated rings. The van der Waals surface area contributed by atoms with Crippen molar-refractivity contribution in [1.29, 1.82) is 0 Å². The summed E-state index contributed by atoms with van der Waals surface area (Å²) in [6.07, 6.45) is -3.77. The van der Waals surface area contributed by atoms with E-state index in [-0.39, 0.29) is 29.0 Å². The van der Waals surface area contributed by atoms with Gasteiger partial charge in [0.05, 0.1) is 5.56 Å². The molecule has 0 bridgehead atoms. The Morgan fingerprint density at radius 3 is 2.43 bits per heavy atom. The number of halogens is 5. The number of rotatable bonds is 3.